The van der Waals surface area contributed by atoms with Crippen molar-refractivity contribution >= 4 is 11.6 Å². The summed E-state index contributed by atoms with van der Waals surface area (Å²) in [6.45, 7) is 6.15. The van der Waals surface area contributed by atoms with Crippen LogP contribution in [0.4, 0.5) is 0 Å². The van der Waals surface area contributed by atoms with E-state index in [4.69, 9.17) is 11.6 Å². The molecule has 0 aliphatic carbocycles. The molecule has 0 bridgehead atoms. The first kappa shape index (κ1) is 11.4. The molecule has 0 amide bonds. The van der Waals surface area contributed by atoms with Crippen LogP contribution in [0.25, 0.3) is 0 Å². The van der Waals surface area contributed by atoms with Crippen LogP contribution in [-0.2, 0) is 0 Å². The molecule has 0 spiro atoms. The third kappa shape index (κ3) is 2.21. The fraction of sp³-hybridized carbons (Fsp3) is 0.500. The highest BCUT2D eigenvalue weighted by Gasteiger charge is 2.13. The first-order valence-corrected chi connectivity index (χ1v) is 5.46. The summed E-state index contributed by atoms with van der Waals surface area (Å²) in [4.78, 5) is 0. The molecule has 0 unspecified atom stereocenters. The van der Waals surface area contributed by atoms with Crippen molar-refractivity contribution in [2.75, 3.05) is 0 Å². The molecule has 0 saturated heterocycles. The van der Waals surface area contributed by atoms with E-state index in [0.29, 0.717) is 11.7 Å². The Morgan fingerprint density at radius 1 is 1.29 bits per heavy atom. The lowest BCUT2D eigenvalue weighted by Gasteiger charge is -2.15. The number of benzene rings is 1. The molecule has 1 N–H and O–H groups in total. The van der Waals surface area contributed by atoms with Crippen LogP contribution in [0, 0.1) is 6.92 Å². The Bertz CT molecular complexity index is 316. The van der Waals surface area contributed by atoms with Crippen molar-refractivity contribution in [1.29, 1.82) is 0 Å². The Morgan fingerprint density at radius 3 is 2.36 bits per heavy atom. The van der Waals surface area contributed by atoms with Crippen molar-refractivity contribution in [3.05, 3.63) is 28.3 Å². The van der Waals surface area contributed by atoms with E-state index in [9.17, 15) is 5.11 Å². The summed E-state index contributed by atoms with van der Waals surface area (Å²) < 4.78 is 0. The van der Waals surface area contributed by atoms with Crippen molar-refractivity contribution in [1.82, 2.24) is 0 Å². The van der Waals surface area contributed by atoms with Crippen molar-refractivity contribution in [3.8, 4) is 5.75 Å². The lowest BCUT2D eigenvalue weighted by atomic mass is 9.92. The molecule has 2 heteroatoms. The number of hydrogen-bond acceptors (Lipinski definition) is 1. The predicted molar refractivity (Wildman–Crippen MR) is 61.2 cm³/mol. The first-order chi connectivity index (χ1) is 6.60. The average molecular weight is 213 g/mol. The Hall–Kier alpha value is -0.690. The zero-order valence-corrected chi connectivity index (χ0v) is 9.73. The molecular weight excluding hydrogens is 196 g/mol. The second-order valence-electron chi connectivity index (χ2n) is 3.67. The Kier molecular flexibility index (Phi) is 3.82. The van der Waals surface area contributed by atoms with Crippen LogP contribution in [0.1, 0.15) is 43.7 Å². The number of rotatable bonds is 3. The molecule has 78 valence electrons. The number of phenolic OH excluding ortho intramolecular Hbond substituents is 1. The lowest BCUT2D eigenvalue weighted by Crippen LogP contribution is -1.96. The van der Waals surface area contributed by atoms with E-state index in [1.807, 2.05) is 13.0 Å². The molecule has 1 rings (SSSR count). The van der Waals surface area contributed by atoms with Gasteiger partial charge < -0.3 is 5.11 Å². The molecule has 0 fully saturated rings. The summed E-state index contributed by atoms with van der Waals surface area (Å²) in [5.41, 5.74) is 1.91. The Balaban J connectivity index is 3.14. The molecule has 0 aliphatic heterocycles. The largest absolute Gasteiger partial charge is 0.508 e. The number of aryl methyl sites for hydroxylation is 1. The van der Waals surface area contributed by atoms with Gasteiger partial charge in [0.25, 0.3) is 0 Å². The highest BCUT2D eigenvalue weighted by Crippen LogP contribution is 2.34. The average Bonchev–Trinajstić information content (AvgIpc) is 2.15. The smallest absolute Gasteiger partial charge is 0.119 e. The monoisotopic (exact) mass is 212 g/mol. The van der Waals surface area contributed by atoms with Gasteiger partial charge in [-0.2, -0.15) is 0 Å². The van der Waals surface area contributed by atoms with E-state index in [1.165, 1.54) is 0 Å². The van der Waals surface area contributed by atoms with Crippen LogP contribution in [0.5, 0.6) is 5.75 Å². The first-order valence-electron chi connectivity index (χ1n) is 5.09. The molecule has 0 atom stereocenters. The molecule has 0 aromatic heterocycles. The molecule has 1 aromatic carbocycles. The van der Waals surface area contributed by atoms with Crippen LogP contribution < -0.4 is 0 Å². The van der Waals surface area contributed by atoms with Gasteiger partial charge >= 0.3 is 0 Å². The summed E-state index contributed by atoms with van der Waals surface area (Å²) in [5.74, 6) is 0.786. The number of hydrogen-bond donors (Lipinski definition) is 1. The minimum absolute atomic E-state index is 0.376. The van der Waals surface area contributed by atoms with E-state index >= 15 is 0 Å². The van der Waals surface area contributed by atoms with Crippen LogP contribution in [-0.4, -0.2) is 5.11 Å². The maximum absolute atomic E-state index is 9.79. The van der Waals surface area contributed by atoms with E-state index in [2.05, 4.69) is 13.8 Å². The summed E-state index contributed by atoms with van der Waals surface area (Å²) in [7, 11) is 0. The standard InChI is InChI=1S/C12H17ClO/c1-4-9(5-2)10-7-11(13)8(3)6-12(10)14/h6-7,9,14H,4-5H2,1-3H3. The van der Waals surface area contributed by atoms with Gasteiger partial charge in [0.15, 0.2) is 0 Å². The lowest BCUT2D eigenvalue weighted by molar-refractivity contribution is 0.457. The maximum Gasteiger partial charge on any atom is 0.119 e. The summed E-state index contributed by atoms with van der Waals surface area (Å²) in [6.07, 6.45) is 2.06. The molecule has 14 heavy (non-hydrogen) atoms. The quantitative estimate of drug-likeness (QED) is 0.794. The molecule has 0 aliphatic rings. The van der Waals surface area contributed by atoms with E-state index in [-0.39, 0.29) is 0 Å². The predicted octanol–water partition coefficient (Wildman–Crippen LogP) is 4.26. The minimum atomic E-state index is 0.376. The summed E-state index contributed by atoms with van der Waals surface area (Å²) in [5, 5.41) is 10.5. The minimum Gasteiger partial charge on any atom is -0.508 e. The number of aromatic hydroxyl groups is 1. The third-order valence-electron chi connectivity index (χ3n) is 2.73. The second kappa shape index (κ2) is 4.70. The zero-order chi connectivity index (χ0) is 10.7. The van der Waals surface area contributed by atoms with Gasteiger partial charge in [-0.05, 0) is 48.9 Å². The van der Waals surface area contributed by atoms with Crippen LogP contribution in [0.15, 0.2) is 12.1 Å². The molecule has 1 nitrogen and oxygen atoms in total. The highest BCUT2D eigenvalue weighted by atomic mass is 35.5. The Morgan fingerprint density at radius 2 is 1.86 bits per heavy atom. The van der Waals surface area contributed by atoms with Gasteiger partial charge in [0, 0.05) is 5.02 Å². The van der Waals surface area contributed by atoms with Crippen LogP contribution in [0.2, 0.25) is 5.02 Å². The SMILES string of the molecule is CCC(CC)c1cc(Cl)c(C)cc1O. The van der Waals surface area contributed by atoms with E-state index in [1.54, 1.807) is 6.07 Å². The molecule has 0 saturated carbocycles. The fourth-order valence-corrected chi connectivity index (χ4v) is 1.91. The maximum atomic E-state index is 9.79. The van der Waals surface area contributed by atoms with Crippen molar-refractivity contribution < 1.29 is 5.11 Å². The number of halogens is 1. The van der Waals surface area contributed by atoms with Crippen LogP contribution >= 0.6 is 11.6 Å². The fourth-order valence-electron chi connectivity index (χ4n) is 1.74. The highest BCUT2D eigenvalue weighted by molar-refractivity contribution is 6.31. The van der Waals surface area contributed by atoms with Gasteiger partial charge in [-0.1, -0.05) is 25.4 Å². The van der Waals surface area contributed by atoms with Crippen LogP contribution in [0.3, 0.4) is 0 Å². The Labute approximate surface area is 90.7 Å². The van der Waals surface area contributed by atoms with Gasteiger partial charge in [-0.15, -0.1) is 0 Å². The summed E-state index contributed by atoms with van der Waals surface area (Å²) in [6, 6.07) is 3.64. The van der Waals surface area contributed by atoms with E-state index in [0.717, 1.165) is 29.0 Å². The topological polar surface area (TPSA) is 20.2 Å². The normalized spacial score (nSPS) is 10.9. The summed E-state index contributed by atoms with van der Waals surface area (Å²) >= 11 is 6.03. The van der Waals surface area contributed by atoms with Crippen molar-refractivity contribution in [2.45, 2.75) is 39.5 Å². The molecular formula is C12H17ClO. The van der Waals surface area contributed by atoms with Gasteiger partial charge in [0.2, 0.25) is 0 Å². The van der Waals surface area contributed by atoms with Gasteiger partial charge in [0.1, 0.15) is 5.75 Å². The van der Waals surface area contributed by atoms with Gasteiger partial charge in [-0.25, -0.2) is 0 Å². The van der Waals surface area contributed by atoms with Gasteiger partial charge in [-0.3, -0.25) is 0 Å². The van der Waals surface area contributed by atoms with E-state index < -0.39 is 0 Å². The second-order valence-corrected chi connectivity index (χ2v) is 4.08. The molecule has 0 radical (unpaired) electrons. The molecule has 0 heterocycles. The van der Waals surface area contributed by atoms with Crippen molar-refractivity contribution in [3.63, 3.8) is 0 Å². The van der Waals surface area contributed by atoms with Crippen molar-refractivity contribution in [2.24, 2.45) is 0 Å². The van der Waals surface area contributed by atoms with Gasteiger partial charge in [0.05, 0.1) is 0 Å². The number of phenols is 1. The third-order valence-corrected chi connectivity index (χ3v) is 3.14. The zero-order valence-electron chi connectivity index (χ0n) is 8.97. The molecule has 1 aromatic rings.